The molecule has 1 aromatic heterocycles. The van der Waals surface area contributed by atoms with Crippen molar-refractivity contribution in [3.05, 3.63) is 34.1 Å². The molecule has 0 radical (unpaired) electrons. The molecule has 1 unspecified atom stereocenters. The summed E-state index contributed by atoms with van der Waals surface area (Å²) < 4.78 is 32.7. The van der Waals surface area contributed by atoms with Gasteiger partial charge in [0.15, 0.2) is 5.03 Å². The van der Waals surface area contributed by atoms with Crippen molar-refractivity contribution >= 4 is 43.2 Å². The van der Waals surface area contributed by atoms with Gasteiger partial charge in [-0.2, -0.15) is 4.31 Å². The predicted octanol–water partition coefficient (Wildman–Crippen LogP) is 1.45. The Morgan fingerprint density at radius 1 is 1.38 bits per heavy atom. The van der Waals surface area contributed by atoms with Crippen molar-refractivity contribution in [2.24, 2.45) is 5.73 Å². The van der Waals surface area contributed by atoms with Gasteiger partial charge >= 0.3 is 0 Å². The Labute approximate surface area is 151 Å². The van der Waals surface area contributed by atoms with Crippen LogP contribution < -0.4 is 5.73 Å². The minimum atomic E-state index is -3.79. The van der Waals surface area contributed by atoms with E-state index >= 15 is 0 Å². The van der Waals surface area contributed by atoms with E-state index in [1.807, 2.05) is 24.3 Å². The topological polar surface area (TPSA) is 103 Å². The third-order valence-electron chi connectivity index (χ3n) is 3.53. The van der Waals surface area contributed by atoms with Crippen LogP contribution in [0.5, 0.6) is 0 Å². The maximum atomic E-state index is 12.7. The van der Waals surface area contributed by atoms with E-state index < -0.39 is 22.0 Å². The van der Waals surface area contributed by atoms with E-state index in [4.69, 9.17) is 10.5 Å². The monoisotopic (exact) mass is 431 g/mol. The van der Waals surface area contributed by atoms with Crippen LogP contribution in [0.3, 0.4) is 0 Å². The highest BCUT2D eigenvalue weighted by atomic mass is 79.9. The molecule has 1 saturated heterocycles. The highest BCUT2D eigenvalue weighted by Crippen LogP contribution is 2.28. The molecule has 1 aliphatic rings. The lowest BCUT2D eigenvalue weighted by molar-refractivity contribution is -0.132. The van der Waals surface area contributed by atoms with Crippen LogP contribution in [0.4, 0.5) is 0 Å². The summed E-state index contributed by atoms with van der Waals surface area (Å²) in [5.74, 6) is -0.677. The van der Waals surface area contributed by atoms with Crippen LogP contribution in [0.25, 0.3) is 10.6 Å². The fourth-order valence-electron chi connectivity index (χ4n) is 2.25. The molecule has 10 heteroatoms. The van der Waals surface area contributed by atoms with Crippen molar-refractivity contribution in [3.63, 3.8) is 0 Å². The number of rotatable bonds is 4. The zero-order chi connectivity index (χ0) is 17.3. The number of halogens is 1. The summed E-state index contributed by atoms with van der Waals surface area (Å²) in [6, 6.07) is 7.45. The summed E-state index contributed by atoms with van der Waals surface area (Å²) >= 11 is 4.61. The van der Waals surface area contributed by atoms with Crippen LogP contribution in [-0.2, 0) is 19.6 Å². The first-order valence-corrected chi connectivity index (χ1v) is 10.1. The third kappa shape index (κ3) is 3.52. The summed E-state index contributed by atoms with van der Waals surface area (Å²) in [6.45, 7) is 0.191. The maximum Gasteiger partial charge on any atom is 0.261 e. The summed E-state index contributed by atoms with van der Waals surface area (Å²) in [5, 5.41) is 2.08. The van der Waals surface area contributed by atoms with Gasteiger partial charge in [-0.15, -0.1) is 11.3 Å². The Kier molecular flexibility index (Phi) is 5.02. The van der Waals surface area contributed by atoms with Gasteiger partial charge in [0.25, 0.3) is 10.0 Å². The van der Waals surface area contributed by atoms with Crippen molar-refractivity contribution in [1.29, 1.82) is 0 Å². The summed E-state index contributed by atoms with van der Waals surface area (Å²) in [4.78, 5) is 15.5. The number of primary amides is 1. The predicted molar refractivity (Wildman–Crippen MR) is 92.9 cm³/mol. The molecule has 0 spiro atoms. The second-order valence-corrected chi connectivity index (χ2v) is 8.78. The van der Waals surface area contributed by atoms with E-state index in [0.29, 0.717) is 5.01 Å². The molecule has 0 saturated carbocycles. The number of ether oxygens (including phenoxy) is 1. The lowest BCUT2D eigenvalue weighted by atomic mass is 10.2. The molecule has 24 heavy (non-hydrogen) atoms. The number of hydrogen-bond donors (Lipinski definition) is 1. The molecule has 0 aliphatic carbocycles. The first-order chi connectivity index (χ1) is 11.4. The number of morpholine rings is 1. The lowest BCUT2D eigenvalue weighted by Crippen LogP contribution is -2.50. The van der Waals surface area contributed by atoms with Gasteiger partial charge in [0, 0.05) is 28.5 Å². The normalized spacial score (nSPS) is 19.3. The van der Waals surface area contributed by atoms with Gasteiger partial charge in [-0.05, 0) is 12.1 Å². The van der Waals surface area contributed by atoms with Crippen LogP contribution in [0, 0.1) is 0 Å². The average molecular weight is 432 g/mol. The number of sulfonamides is 1. The maximum absolute atomic E-state index is 12.7. The first kappa shape index (κ1) is 17.5. The van der Waals surface area contributed by atoms with Crippen molar-refractivity contribution < 1.29 is 17.9 Å². The van der Waals surface area contributed by atoms with E-state index in [1.165, 1.54) is 21.0 Å². The number of aromatic nitrogens is 1. The number of carbonyl (C=O) groups excluding carboxylic acids is 1. The van der Waals surface area contributed by atoms with Crippen molar-refractivity contribution in [3.8, 4) is 10.6 Å². The Bertz CT molecular complexity index is 851. The van der Waals surface area contributed by atoms with E-state index in [-0.39, 0.29) is 24.7 Å². The SMILES string of the molecule is NC(=O)C1CN(S(=O)(=O)c2csc(-c3ccc(Br)cc3)n2)CCO1. The molecule has 3 rings (SSSR count). The van der Waals surface area contributed by atoms with Gasteiger partial charge in [0.1, 0.15) is 11.1 Å². The number of benzene rings is 1. The van der Waals surface area contributed by atoms with Gasteiger partial charge in [-0.25, -0.2) is 13.4 Å². The Hall–Kier alpha value is -1.33. The zero-order valence-electron chi connectivity index (χ0n) is 12.4. The fourth-order valence-corrected chi connectivity index (χ4v) is 5.01. The molecule has 1 aromatic carbocycles. The molecule has 0 bridgehead atoms. The summed E-state index contributed by atoms with van der Waals surface area (Å²) in [6.07, 6.45) is -0.932. The number of hydrogen-bond acceptors (Lipinski definition) is 6. The van der Waals surface area contributed by atoms with Crippen LogP contribution in [0.1, 0.15) is 0 Å². The molecule has 7 nitrogen and oxygen atoms in total. The number of amides is 1. The summed E-state index contributed by atoms with van der Waals surface area (Å²) in [7, 11) is -3.79. The van der Waals surface area contributed by atoms with Crippen molar-refractivity contribution in [2.75, 3.05) is 19.7 Å². The van der Waals surface area contributed by atoms with E-state index in [9.17, 15) is 13.2 Å². The summed E-state index contributed by atoms with van der Waals surface area (Å²) in [5.41, 5.74) is 6.04. The second-order valence-electron chi connectivity index (χ2n) is 5.12. The molecule has 1 aliphatic heterocycles. The molecule has 1 amide bonds. The smallest absolute Gasteiger partial charge is 0.261 e. The fraction of sp³-hybridized carbons (Fsp3) is 0.286. The molecular weight excluding hydrogens is 418 g/mol. The Balaban J connectivity index is 1.85. The van der Waals surface area contributed by atoms with E-state index in [2.05, 4.69) is 20.9 Å². The van der Waals surface area contributed by atoms with Crippen LogP contribution in [-0.4, -0.2) is 49.4 Å². The molecular formula is C14H14BrN3O4S2. The van der Waals surface area contributed by atoms with Crippen LogP contribution in [0.2, 0.25) is 0 Å². The molecule has 2 aromatic rings. The number of thiazole rings is 1. The molecule has 1 atom stereocenters. The largest absolute Gasteiger partial charge is 0.367 e. The first-order valence-electron chi connectivity index (χ1n) is 7.00. The number of carbonyl (C=O) groups is 1. The minimum Gasteiger partial charge on any atom is -0.367 e. The van der Waals surface area contributed by atoms with E-state index in [1.54, 1.807) is 0 Å². The molecule has 1 fully saturated rings. The van der Waals surface area contributed by atoms with Gasteiger partial charge in [-0.3, -0.25) is 4.79 Å². The van der Waals surface area contributed by atoms with Crippen molar-refractivity contribution in [1.82, 2.24) is 9.29 Å². The Morgan fingerprint density at radius 3 is 2.75 bits per heavy atom. The Morgan fingerprint density at radius 2 is 2.08 bits per heavy atom. The minimum absolute atomic E-state index is 0.0319. The standard InChI is InChI=1S/C14H14BrN3O4S2/c15-10-3-1-9(2-4-10)14-17-12(8-23-14)24(20,21)18-5-6-22-11(7-18)13(16)19/h1-4,8,11H,5-7H2,(H2,16,19). The molecule has 2 heterocycles. The van der Waals surface area contributed by atoms with Crippen LogP contribution in [0.15, 0.2) is 39.1 Å². The number of nitrogens with zero attached hydrogens (tertiary/aromatic N) is 2. The molecule has 128 valence electrons. The lowest BCUT2D eigenvalue weighted by Gasteiger charge is -2.29. The number of nitrogens with two attached hydrogens (primary N) is 1. The van der Waals surface area contributed by atoms with Gasteiger partial charge < -0.3 is 10.5 Å². The van der Waals surface area contributed by atoms with Gasteiger partial charge in [0.2, 0.25) is 5.91 Å². The quantitative estimate of drug-likeness (QED) is 0.788. The van der Waals surface area contributed by atoms with Gasteiger partial charge in [-0.1, -0.05) is 28.1 Å². The van der Waals surface area contributed by atoms with Crippen LogP contribution >= 0.6 is 27.3 Å². The third-order valence-corrected chi connectivity index (χ3v) is 6.84. The van der Waals surface area contributed by atoms with Gasteiger partial charge in [0.05, 0.1) is 6.61 Å². The molecule has 2 N–H and O–H groups in total. The van der Waals surface area contributed by atoms with E-state index in [0.717, 1.165) is 10.0 Å². The second kappa shape index (κ2) is 6.89. The average Bonchev–Trinajstić information content (AvgIpc) is 3.06. The highest BCUT2D eigenvalue weighted by molar-refractivity contribution is 9.10. The van der Waals surface area contributed by atoms with Crippen molar-refractivity contribution in [2.45, 2.75) is 11.1 Å². The highest BCUT2D eigenvalue weighted by Gasteiger charge is 2.34. The zero-order valence-corrected chi connectivity index (χ0v) is 15.6.